The van der Waals surface area contributed by atoms with Gasteiger partial charge in [0, 0.05) is 18.6 Å². The second kappa shape index (κ2) is 4.88. The minimum Gasteiger partial charge on any atom is -0.319 e. The number of halogens is 1. The Hall–Kier alpha value is -2.01. The Morgan fingerprint density at radius 2 is 2.06 bits per heavy atom. The summed E-state index contributed by atoms with van der Waals surface area (Å²) in [6.45, 7) is 1.84. The van der Waals surface area contributed by atoms with Crippen molar-refractivity contribution in [3.63, 3.8) is 0 Å². The van der Waals surface area contributed by atoms with Crippen molar-refractivity contribution in [2.75, 3.05) is 5.32 Å². The second-order valence-corrected chi connectivity index (χ2v) is 3.73. The lowest BCUT2D eigenvalue weighted by Gasteiger charge is -2.08. The highest BCUT2D eigenvalue weighted by Crippen LogP contribution is 2.23. The molecule has 0 unspecified atom stereocenters. The number of anilines is 1. The van der Waals surface area contributed by atoms with Gasteiger partial charge in [0.05, 0.1) is 11.3 Å². The zero-order valence-electron chi connectivity index (χ0n) is 9.01. The van der Waals surface area contributed by atoms with Gasteiger partial charge in [0.15, 0.2) is 5.15 Å². The number of hydrogen-bond donors (Lipinski definition) is 1. The van der Waals surface area contributed by atoms with E-state index in [9.17, 15) is 4.79 Å². The molecule has 0 saturated heterocycles. The van der Waals surface area contributed by atoms with Crippen LogP contribution in [0.5, 0.6) is 0 Å². The van der Waals surface area contributed by atoms with E-state index in [4.69, 9.17) is 11.6 Å². The molecule has 0 saturated carbocycles. The van der Waals surface area contributed by atoms with Crippen molar-refractivity contribution < 1.29 is 4.79 Å². The maximum Gasteiger partial charge on any atom is 0.258 e. The van der Waals surface area contributed by atoms with Crippen LogP contribution in [-0.4, -0.2) is 20.9 Å². The van der Waals surface area contributed by atoms with Gasteiger partial charge in [-0.15, -0.1) is 0 Å². The van der Waals surface area contributed by atoms with Crippen LogP contribution in [0.1, 0.15) is 15.9 Å². The SMILES string of the molecule is Cc1ccnc(Cl)c1NC(=O)c1cncnc1. The molecule has 6 heteroatoms. The quantitative estimate of drug-likeness (QED) is 0.827. The topological polar surface area (TPSA) is 67.8 Å². The number of amides is 1. The summed E-state index contributed by atoms with van der Waals surface area (Å²) in [6, 6.07) is 1.77. The Kier molecular flexibility index (Phi) is 3.30. The summed E-state index contributed by atoms with van der Waals surface area (Å²) in [5.74, 6) is -0.316. The number of carbonyl (C=O) groups excluding carboxylic acids is 1. The summed E-state index contributed by atoms with van der Waals surface area (Å²) < 4.78 is 0. The number of aryl methyl sites for hydroxylation is 1. The lowest BCUT2D eigenvalue weighted by Crippen LogP contribution is -2.14. The van der Waals surface area contributed by atoms with E-state index < -0.39 is 0 Å². The van der Waals surface area contributed by atoms with Crippen LogP contribution in [0.4, 0.5) is 5.69 Å². The van der Waals surface area contributed by atoms with Crippen molar-refractivity contribution in [2.24, 2.45) is 0 Å². The van der Waals surface area contributed by atoms with E-state index in [2.05, 4.69) is 20.3 Å². The van der Waals surface area contributed by atoms with Crippen molar-refractivity contribution in [3.8, 4) is 0 Å². The van der Waals surface area contributed by atoms with Gasteiger partial charge in [-0.25, -0.2) is 15.0 Å². The Morgan fingerprint density at radius 1 is 1.35 bits per heavy atom. The molecule has 2 heterocycles. The number of nitrogens with one attached hydrogen (secondary N) is 1. The van der Waals surface area contributed by atoms with E-state index in [1.807, 2.05) is 6.92 Å². The molecule has 86 valence electrons. The van der Waals surface area contributed by atoms with Gasteiger partial charge in [-0.2, -0.15) is 0 Å². The highest BCUT2D eigenvalue weighted by Gasteiger charge is 2.11. The van der Waals surface area contributed by atoms with Crippen molar-refractivity contribution in [1.82, 2.24) is 15.0 Å². The zero-order valence-corrected chi connectivity index (χ0v) is 9.77. The smallest absolute Gasteiger partial charge is 0.258 e. The fourth-order valence-electron chi connectivity index (χ4n) is 1.28. The van der Waals surface area contributed by atoms with Crippen molar-refractivity contribution in [1.29, 1.82) is 0 Å². The summed E-state index contributed by atoms with van der Waals surface area (Å²) in [5.41, 5.74) is 1.71. The second-order valence-electron chi connectivity index (χ2n) is 3.37. The number of nitrogens with zero attached hydrogens (tertiary/aromatic N) is 3. The largest absolute Gasteiger partial charge is 0.319 e. The van der Waals surface area contributed by atoms with Crippen LogP contribution in [0.2, 0.25) is 5.15 Å². The van der Waals surface area contributed by atoms with E-state index in [-0.39, 0.29) is 11.1 Å². The Bertz CT molecular complexity index is 524. The molecule has 0 fully saturated rings. The third-order valence-electron chi connectivity index (χ3n) is 2.17. The third kappa shape index (κ3) is 2.57. The molecule has 0 aromatic carbocycles. The number of pyridine rings is 1. The first-order chi connectivity index (χ1) is 8.18. The number of rotatable bonds is 2. The maximum atomic E-state index is 11.8. The summed E-state index contributed by atoms with van der Waals surface area (Å²) >= 11 is 5.90. The first-order valence-corrected chi connectivity index (χ1v) is 5.24. The zero-order chi connectivity index (χ0) is 12.3. The average Bonchev–Trinajstić information content (AvgIpc) is 2.35. The lowest BCUT2D eigenvalue weighted by atomic mass is 10.2. The van der Waals surface area contributed by atoms with Gasteiger partial charge in [-0.3, -0.25) is 4.79 Å². The standard InChI is InChI=1S/C11H9ClN4O/c1-7-2-3-15-10(12)9(7)16-11(17)8-4-13-6-14-5-8/h2-6H,1H3,(H,16,17). The molecular weight excluding hydrogens is 240 g/mol. The average molecular weight is 249 g/mol. The molecule has 0 aliphatic heterocycles. The van der Waals surface area contributed by atoms with Gasteiger partial charge in [-0.05, 0) is 18.6 Å². The fraction of sp³-hybridized carbons (Fsp3) is 0.0909. The molecule has 2 rings (SSSR count). The van der Waals surface area contributed by atoms with E-state index in [0.29, 0.717) is 11.3 Å². The van der Waals surface area contributed by atoms with E-state index in [1.54, 1.807) is 12.3 Å². The lowest BCUT2D eigenvalue weighted by molar-refractivity contribution is 0.102. The van der Waals surface area contributed by atoms with Crippen LogP contribution in [-0.2, 0) is 0 Å². The maximum absolute atomic E-state index is 11.8. The summed E-state index contributed by atoms with van der Waals surface area (Å²) in [4.78, 5) is 23.3. The molecule has 1 N–H and O–H groups in total. The first kappa shape index (κ1) is 11.5. The molecule has 0 aliphatic carbocycles. The molecule has 17 heavy (non-hydrogen) atoms. The Morgan fingerprint density at radius 3 is 2.71 bits per heavy atom. The van der Waals surface area contributed by atoms with Gasteiger partial charge in [0.25, 0.3) is 5.91 Å². The number of carbonyl (C=O) groups is 1. The molecule has 2 aromatic rings. The normalized spacial score (nSPS) is 10.0. The van der Waals surface area contributed by atoms with E-state index >= 15 is 0 Å². The molecule has 0 bridgehead atoms. The van der Waals surface area contributed by atoms with Crippen molar-refractivity contribution >= 4 is 23.2 Å². The minimum atomic E-state index is -0.316. The fourth-order valence-corrected chi connectivity index (χ4v) is 1.53. The molecule has 0 radical (unpaired) electrons. The summed E-state index contributed by atoms with van der Waals surface area (Å²) in [7, 11) is 0. The predicted octanol–water partition coefficient (Wildman–Crippen LogP) is 2.09. The molecule has 0 atom stereocenters. The molecule has 0 spiro atoms. The van der Waals surface area contributed by atoms with Crippen molar-refractivity contribution in [2.45, 2.75) is 6.92 Å². The third-order valence-corrected chi connectivity index (χ3v) is 2.46. The summed E-state index contributed by atoms with van der Waals surface area (Å²) in [6.07, 6.45) is 5.81. The Balaban J connectivity index is 2.25. The molecule has 0 aliphatic rings. The Labute approximate surface area is 103 Å². The van der Waals surface area contributed by atoms with Crippen molar-refractivity contribution in [3.05, 3.63) is 47.3 Å². The van der Waals surface area contributed by atoms with Gasteiger partial charge in [-0.1, -0.05) is 11.6 Å². The van der Waals surface area contributed by atoms with Gasteiger partial charge in [0.1, 0.15) is 6.33 Å². The van der Waals surface area contributed by atoms with Crippen LogP contribution in [0, 0.1) is 6.92 Å². The molecule has 2 aromatic heterocycles. The number of hydrogen-bond acceptors (Lipinski definition) is 4. The van der Waals surface area contributed by atoms with Gasteiger partial charge < -0.3 is 5.32 Å². The summed E-state index contributed by atoms with van der Waals surface area (Å²) in [5, 5.41) is 2.94. The highest BCUT2D eigenvalue weighted by molar-refractivity contribution is 6.32. The van der Waals surface area contributed by atoms with Crippen LogP contribution >= 0.6 is 11.6 Å². The van der Waals surface area contributed by atoms with Crippen LogP contribution in [0.3, 0.4) is 0 Å². The molecular formula is C11H9ClN4O. The first-order valence-electron chi connectivity index (χ1n) is 4.86. The predicted molar refractivity (Wildman–Crippen MR) is 64.0 cm³/mol. The molecule has 1 amide bonds. The number of aromatic nitrogens is 3. The van der Waals surface area contributed by atoms with Crippen LogP contribution in [0.25, 0.3) is 0 Å². The van der Waals surface area contributed by atoms with Gasteiger partial charge >= 0.3 is 0 Å². The van der Waals surface area contributed by atoms with Crippen LogP contribution in [0.15, 0.2) is 31.0 Å². The highest BCUT2D eigenvalue weighted by atomic mass is 35.5. The van der Waals surface area contributed by atoms with E-state index in [1.165, 1.54) is 18.7 Å². The van der Waals surface area contributed by atoms with Crippen LogP contribution < -0.4 is 5.32 Å². The monoisotopic (exact) mass is 248 g/mol. The minimum absolute atomic E-state index is 0.259. The van der Waals surface area contributed by atoms with E-state index in [0.717, 1.165) is 5.56 Å². The molecule has 5 nitrogen and oxygen atoms in total. The van der Waals surface area contributed by atoms with Gasteiger partial charge in [0.2, 0.25) is 0 Å².